The normalized spacial score (nSPS) is 15.5. The van der Waals surface area contributed by atoms with Gasteiger partial charge < -0.3 is 15.4 Å². The summed E-state index contributed by atoms with van der Waals surface area (Å²) in [4.78, 5) is 0.247. The van der Waals surface area contributed by atoms with Crippen LogP contribution in [0.1, 0.15) is 19.8 Å². The van der Waals surface area contributed by atoms with Crippen molar-refractivity contribution >= 4 is 33.0 Å². The number of methoxy groups -OCH3 is 1. The van der Waals surface area contributed by atoms with Gasteiger partial charge in [-0.1, -0.05) is 0 Å². The zero-order chi connectivity index (χ0) is 16.2. The number of benzene rings is 1. The fourth-order valence-electron chi connectivity index (χ4n) is 2.35. The monoisotopic (exact) mass is 343 g/mol. The molecule has 0 radical (unpaired) electrons. The van der Waals surface area contributed by atoms with E-state index in [0.717, 1.165) is 12.8 Å². The Morgan fingerprint density at radius 3 is 2.64 bits per heavy atom. The van der Waals surface area contributed by atoms with Gasteiger partial charge in [-0.15, -0.1) is 0 Å². The molecule has 0 saturated carbocycles. The van der Waals surface area contributed by atoms with E-state index in [0.29, 0.717) is 36.2 Å². The van der Waals surface area contributed by atoms with Crippen LogP contribution in [0, 0.1) is 0 Å². The Bertz CT molecular complexity index is 641. The molecule has 0 unspecified atom stereocenters. The molecule has 6 nitrogen and oxygen atoms in total. The highest BCUT2D eigenvalue weighted by Crippen LogP contribution is 2.30. The highest BCUT2D eigenvalue weighted by atomic mass is 32.2. The number of thiocarbonyl (C=S) groups is 1. The Morgan fingerprint density at radius 2 is 2.05 bits per heavy atom. The number of sulfonamides is 1. The molecule has 122 valence electrons. The van der Waals surface area contributed by atoms with Gasteiger partial charge >= 0.3 is 0 Å². The molecule has 22 heavy (non-hydrogen) atoms. The fourth-order valence-corrected chi connectivity index (χ4v) is 4.15. The lowest BCUT2D eigenvalue weighted by Crippen LogP contribution is -2.29. The standard InChI is InChI=1S/C14H21N3O3S2/c1-3-15-14(21)16-12-10-11(6-7-13(12)20-2)22(18,19)17-8-4-5-9-17/h6-7,10H,3-5,8-9H2,1-2H3,(H2,15,16,21). The summed E-state index contributed by atoms with van der Waals surface area (Å²) in [6.45, 7) is 3.76. The Balaban J connectivity index is 2.31. The summed E-state index contributed by atoms with van der Waals surface area (Å²) < 4.78 is 32.0. The maximum Gasteiger partial charge on any atom is 0.243 e. The van der Waals surface area contributed by atoms with Gasteiger partial charge in [-0.05, 0) is 50.2 Å². The van der Waals surface area contributed by atoms with Crippen molar-refractivity contribution in [2.75, 3.05) is 32.1 Å². The van der Waals surface area contributed by atoms with Crippen molar-refractivity contribution < 1.29 is 13.2 Å². The molecule has 0 aromatic heterocycles. The van der Waals surface area contributed by atoms with Crippen LogP contribution in [-0.4, -0.2) is 44.6 Å². The molecule has 1 fully saturated rings. The largest absolute Gasteiger partial charge is 0.495 e. The summed E-state index contributed by atoms with van der Waals surface area (Å²) in [6.07, 6.45) is 1.82. The first-order valence-corrected chi connectivity index (χ1v) is 9.07. The molecule has 1 aliphatic heterocycles. The highest BCUT2D eigenvalue weighted by Gasteiger charge is 2.27. The molecular weight excluding hydrogens is 322 g/mol. The molecular formula is C14H21N3O3S2. The first-order chi connectivity index (χ1) is 10.5. The number of nitrogens with one attached hydrogen (secondary N) is 2. The van der Waals surface area contributed by atoms with E-state index in [2.05, 4.69) is 10.6 Å². The van der Waals surface area contributed by atoms with E-state index >= 15 is 0 Å². The molecule has 1 aliphatic rings. The summed E-state index contributed by atoms with van der Waals surface area (Å²) in [5.41, 5.74) is 0.536. The van der Waals surface area contributed by atoms with Crippen LogP contribution in [0.25, 0.3) is 0 Å². The second-order valence-electron chi connectivity index (χ2n) is 4.96. The van der Waals surface area contributed by atoms with Crippen LogP contribution in [0.15, 0.2) is 23.1 Å². The predicted octanol–water partition coefficient (Wildman–Crippen LogP) is 1.79. The third-order valence-corrected chi connectivity index (χ3v) is 5.60. The van der Waals surface area contributed by atoms with E-state index in [1.807, 2.05) is 6.92 Å². The van der Waals surface area contributed by atoms with Gasteiger partial charge in [0, 0.05) is 19.6 Å². The van der Waals surface area contributed by atoms with Crippen molar-refractivity contribution in [3.05, 3.63) is 18.2 Å². The lowest BCUT2D eigenvalue weighted by atomic mass is 10.3. The SMILES string of the molecule is CCNC(=S)Nc1cc(S(=O)(=O)N2CCCC2)ccc1OC. The van der Waals surface area contributed by atoms with Gasteiger partial charge in [0.25, 0.3) is 0 Å². The summed E-state index contributed by atoms with van der Waals surface area (Å²) in [5, 5.41) is 6.37. The van der Waals surface area contributed by atoms with Gasteiger partial charge in [0.15, 0.2) is 5.11 Å². The molecule has 0 aliphatic carbocycles. The summed E-state index contributed by atoms with van der Waals surface area (Å²) in [5.74, 6) is 0.542. The molecule has 0 spiro atoms. The van der Waals surface area contributed by atoms with Crippen molar-refractivity contribution in [2.45, 2.75) is 24.7 Å². The smallest absolute Gasteiger partial charge is 0.243 e. The molecule has 2 rings (SSSR count). The van der Waals surface area contributed by atoms with Gasteiger partial charge in [0.1, 0.15) is 5.75 Å². The Morgan fingerprint density at radius 1 is 1.36 bits per heavy atom. The van der Waals surface area contributed by atoms with Crippen molar-refractivity contribution in [1.29, 1.82) is 0 Å². The molecule has 1 saturated heterocycles. The quantitative estimate of drug-likeness (QED) is 0.794. The van der Waals surface area contributed by atoms with Crippen molar-refractivity contribution in [1.82, 2.24) is 9.62 Å². The van der Waals surface area contributed by atoms with Crippen LogP contribution in [0.3, 0.4) is 0 Å². The first-order valence-electron chi connectivity index (χ1n) is 7.22. The topological polar surface area (TPSA) is 70.7 Å². The molecule has 1 heterocycles. The zero-order valence-corrected chi connectivity index (χ0v) is 14.4. The molecule has 0 bridgehead atoms. The highest BCUT2D eigenvalue weighted by molar-refractivity contribution is 7.89. The number of anilines is 1. The summed E-state index contributed by atoms with van der Waals surface area (Å²) >= 11 is 5.15. The summed E-state index contributed by atoms with van der Waals surface area (Å²) in [7, 11) is -1.93. The van der Waals surface area contributed by atoms with E-state index in [4.69, 9.17) is 17.0 Å². The van der Waals surface area contributed by atoms with Crippen LogP contribution in [0.5, 0.6) is 5.75 Å². The van der Waals surface area contributed by atoms with Crippen LogP contribution in [-0.2, 0) is 10.0 Å². The van der Waals surface area contributed by atoms with E-state index in [1.165, 1.54) is 11.4 Å². The Kier molecular flexibility index (Phi) is 5.60. The number of hydrogen-bond acceptors (Lipinski definition) is 4. The van der Waals surface area contributed by atoms with Gasteiger partial charge in [-0.25, -0.2) is 8.42 Å². The molecule has 1 aromatic rings. The zero-order valence-electron chi connectivity index (χ0n) is 12.8. The number of hydrogen-bond donors (Lipinski definition) is 2. The van der Waals surface area contributed by atoms with Crippen LogP contribution in [0.4, 0.5) is 5.69 Å². The first kappa shape index (κ1) is 17.0. The maximum absolute atomic E-state index is 12.6. The third kappa shape index (κ3) is 3.68. The van der Waals surface area contributed by atoms with Crippen molar-refractivity contribution in [3.8, 4) is 5.75 Å². The van der Waals surface area contributed by atoms with E-state index < -0.39 is 10.0 Å². The minimum Gasteiger partial charge on any atom is -0.495 e. The van der Waals surface area contributed by atoms with Crippen LogP contribution < -0.4 is 15.4 Å². The van der Waals surface area contributed by atoms with Crippen LogP contribution >= 0.6 is 12.2 Å². The molecule has 8 heteroatoms. The van der Waals surface area contributed by atoms with Gasteiger partial charge in [0.05, 0.1) is 17.7 Å². The third-order valence-electron chi connectivity index (χ3n) is 3.46. The molecule has 0 atom stereocenters. The second kappa shape index (κ2) is 7.26. The number of nitrogens with zero attached hydrogens (tertiary/aromatic N) is 1. The number of rotatable bonds is 5. The second-order valence-corrected chi connectivity index (χ2v) is 7.30. The van der Waals surface area contributed by atoms with E-state index in [-0.39, 0.29) is 4.90 Å². The van der Waals surface area contributed by atoms with Gasteiger partial charge in [-0.2, -0.15) is 4.31 Å². The Labute approximate surface area is 136 Å². The van der Waals surface area contributed by atoms with Gasteiger partial charge in [-0.3, -0.25) is 0 Å². The van der Waals surface area contributed by atoms with E-state index in [9.17, 15) is 8.42 Å². The van der Waals surface area contributed by atoms with Crippen molar-refractivity contribution in [3.63, 3.8) is 0 Å². The lowest BCUT2D eigenvalue weighted by molar-refractivity contribution is 0.416. The minimum absolute atomic E-state index is 0.247. The average molecular weight is 343 g/mol. The molecule has 1 aromatic carbocycles. The van der Waals surface area contributed by atoms with Crippen LogP contribution in [0.2, 0.25) is 0 Å². The minimum atomic E-state index is -3.46. The fraction of sp³-hybridized carbons (Fsp3) is 0.500. The number of ether oxygens (including phenoxy) is 1. The molecule has 0 amide bonds. The molecule has 2 N–H and O–H groups in total. The predicted molar refractivity (Wildman–Crippen MR) is 90.9 cm³/mol. The van der Waals surface area contributed by atoms with Crippen molar-refractivity contribution in [2.24, 2.45) is 0 Å². The Hall–Kier alpha value is -1.38. The maximum atomic E-state index is 12.6. The average Bonchev–Trinajstić information content (AvgIpc) is 3.02. The lowest BCUT2D eigenvalue weighted by Gasteiger charge is -2.18. The van der Waals surface area contributed by atoms with Gasteiger partial charge in [0.2, 0.25) is 10.0 Å². The van der Waals surface area contributed by atoms with E-state index in [1.54, 1.807) is 18.2 Å². The summed E-state index contributed by atoms with van der Waals surface area (Å²) in [6, 6.07) is 4.77.